The van der Waals surface area contributed by atoms with Crippen molar-refractivity contribution in [2.45, 2.75) is 18.2 Å². The van der Waals surface area contributed by atoms with Crippen LogP contribution in [0.4, 0.5) is 0 Å². The lowest BCUT2D eigenvalue weighted by Crippen LogP contribution is -2.04. The third kappa shape index (κ3) is 5.79. The summed E-state index contributed by atoms with van der Waals surface area (Å²) in [6.07, 6.45) is 0.207. The number of sulfone groups is 1. The van der Waals surface area contributed by atoms with Gasteiger partial charge in [0.1, 0.15) is 16.6 Å². The molecule has 0 fully saturated rings. The number of carbonyl (C=O) groups excluding carboxylic acids is 1. The van der Waals surface area contributed by atoms with Crippen molar-refractivity contribution in [2.24, 2.45) is 0 Å². The van der Waals surface area contributed by atoms with Gasteiger partial charge in [0, 0.05) is 0 Å². The molecule has 2 aromatic rings. The number of carbonyl (C=O) groups is 1. The molecule has 0 N–H and O–H groups in total. The van der Waals surface area contributed by atoms with Crippen molar-refractivity contribution in [3.63, 3.8) is 0 Å². The van der Waals surface area contributed by atoms with Crippen LogP contribution in [0.5, 0.6) is 11.5 Å². The lowest BCUT2D eigenvalue weighted by atomic mass is 10.1. The van der Waals surface area contributed by atoms with E-state index in [0.29, 0.717) is 11.5 Å². The highest BCUT2D eigenvalue weighted by molar-refractivity contribution is 8.12. The zero-order chi connectivity index (χ0) is 18.3. The zero-order valence-electron chi connectivity index (χ0n) is 14.1. The topological polar surface area (TPSA) is 69.7 Å². The smallest absolute Gasteiger partial charge is 0.309 e. The first kappa shape index (κ1) is 19.3. The van der Waals surface area contributed by atoms with Crippen LogP contribution in [0.15, 0.2) is 53.4 Å². The zero-order valence-corrected chi connectivity index (χ0v) is 15.7. The van der Waals surface area contributed by atoms with Crippen LogP contribution in [0.2, 0.25) is 0 Å². The summed E-state index contributed by atoms with van der Waals surface area (Å²) in [5, 5.41) is 0.0748. The summed E-state index contributed by atoms with van der Waals surface area (Å²) in [6.45, 7) is 1.92. The Morgan fingerprint density at radius 1 is 1.00 bits per heavy atom. The van der Waals surface area contributed by atoms with Crippen LogP contribution >= 0.6 is 11.8 Å². The second kappa shape index (κ2) is 8.92. The van der Waals surface area contributed by atoms with Crippen molar-refractivity contribution in [1.82, 2.24) is 0 Å². The van der Waals surface area contributed by atoms with Gasteiger partial charge in [-0.15, -0.1) is 11.8 Å². The van der Waals surface area contributed by atoms with Crippen molar-refractivity contribution in [2.75, 3.05) is 17.9 Å². The molecule has 25 heavy (non-hydrogen) atoms. The molecule has 5 nitrogen and oxygen atoms in total. The monoisotopic (exact) mass is 380 g/mol. The number of ether oxygens (including phenoxy) is 2. The fourth-order valence-electron chi connectivity index (χ4n) is 2.03. The van der Waals surface area contributed by atoms with E-state index in [2.05, 4.69) is 4.74 Å². The van der Waals surface area contributed by atoms with Gasteiger partial charge in [0.05, 0.1) is 18.4 Å². The molecule has 0 amide bonds. The van der Waals surface area contributed by atoms with Crippen LogP contribution < -0.4 is 4.74 Å². The van der Waals surface area contributed by atoms with Crippen molar-refractivity contribution >= 4 is 27.6 Å². The maximum absolute atomic E-state index is 12.1. The molecule has 0 unspecified atom stereocenters. The molecule has 2 rings (SSSR count). The molecule has 2 aromatic carbocycles. The molecule has 0 atom stereocenters. The summed E-state index contributed by atoms with van der Waals surface area (Å²) in [6, 6.07) is 13.4. The molecule has 7 heteroatoms. The molecule has 0 aliphatic carbocycles. The van der Waals surface area contributed by atoms with Crippen LogP contribution in [0, 0.1) is 0 Å². The average molecular weight is 380 g/mol. The number of hydrogen-bond donors (Lipinski definition) is 0. The SMILES string of the molecule is CCSCS(=O)(=O)c1ccc(Oc2ccc(CC(=O)OC)cc2)cc1. The lowest BCUT2D eigenvalue weighted by molar-refractivity contribution is -0.139. The Kier molecular flexibility index (Phi) is 6.90. The van der Waals surface area contributed by atoms with E-state index in [1.807, 2.05) is 6.92 Å². The third-order valence-corrected chi connectivity index (χ3v) is 6.67. The molecule has 0 aromatic heterocycles. The predicted octanol–water partition coefficient (Wildman–Crippen LogP) is 3.68. The maximum Gasteiger partial charge on any atom is 0.309 e. The Hall–Kier alpha value is -1.99. The molecular formula is C18H20O5S2. The predicted molar refractivity (Wildman–Crippen MR) is 98.9 cm³/mol. The Bertz CT molecular complexity index is 796. The number of benzene rings is 2. The minimum absolute atomic E-state index is 0.0748. The van der Waals surface area contributed by atoms with Gasteiger partial charge >= 0.3 is 5.97 Å². The molecule has 0 bridgehead atoms. The largest absolute Gasteiger partial charge is 0.469 e. The number of esters is 1. The normalized spacial score (nSPS) is 11.1. The van der Waals surface area contributed by atoms with Gasteiger partial charge in [0.15, 0.2) is 9.84 Å². The lowest BCUT2D eigenvalue weighted by Gasteiger charge is -2.08. The maximum atomic E-state index is 12.1. The van der Waals surface area contributed by atoms with Gasteiger partial charge in [-0.05, 0) is 47.7 Å². The summed E-state index contributed by atoms with van der Waals surface area (Å²) in [7, 11) is -1.92. The molecule has 0 heterocycles. The molecule has 134 valence electrons. The van der Waals surface area contributed by atoms with Gasteiger partial charge in [-0.1, -0.05) is 19.1 Å². The first-order valence-corrected chi connectivity index (χ1v) is 10.5. The highest BCUT2D eigenvalue weighted by Crippen LogP contribution is 2.24. The minimum Gasteiger partial charge on any atom is -0.469 e. The van der Waals surface area contributed by atoms with E-state index in [4.69, 9.17) is 4.74 Å². The van der Waals surface area contributed by atoms with Crippen molar-refractivity contribution in [3.8, 4) is 11.5 Å². The molecule has 0 aliphatic rings. The summed E-state index contributed by atoms with van der Waals surface area (Å²) in [5.41, 5.74) is 0.828. The summed E-state index contributed by atoms with van der Waals surface area (Å²) in [5.74, 6) is 1.60. The average Bonchev–Trinajstić information content (AvgIpc) is 2.62. The standard InChI is InChI=1S/C18H20O5S2/c1-3-24-13-25(20,21)17-10-8-16(9-11-17)23-15-6-4-14(5-7-15)12-18(19)22-2/h4-11H,3,12-13H2,1-2H3. The van der Waals surface area contributed by atoms with Crippen LogP contribution in [0.25, 0.3) is 0 Å². The molecule has 0 spiro atoms. The highest BCUT2D eigenvalue weighted by Gasteiger charge is 2.14. The summed E-state index contributed by atoms with van der Waals surface area (Å²) < 4.78 is 34.5. The Labute approximate surface area is 152 Å². The van der Waals surface area contributed by atoms with Gasteiger partial charge in [0.2, 0.25) is 0 Å². The highest BCUT2D eigenvalue weighted by atomic mass is 32.3. The molecular weight excluding hydrogens is 360 g/mol. The first-order valence-electron chi connectivity index (χ1n) is 7.69. The fraction of sp³-hybridized carbons (Fsp3) is 0.278. The molecule has 0 aliphatic heterocycles. The van der Waals surface area contributed by atoms with E-state index in [0.717, 1.165) is 11.3 Å². The van der Waals surface area contributed by atoms with Gasteiger partial charge in [-0.2, -0.15) is 0 Å². The van der Waals surface area contributed by atoms with Crippen LogP contribution in [-0.2, 0) is 25.8 Å². The number of rotatable bonds is 8. The third-order valence-electron chi connectivity index (χ3n) is 3.36. The van der Waals surface area contributed by atoms with Gasteiger partial charge < -0.3 is 9.47 Å². The van der Waals surface area contributed by atoms with E-state index in [9.17, 15) is 13.2 Å². The van der Waals surface area contributed by atoms with Crippen molar-refractivity contribution < 1.29 is 22.7 Å². The second-order valence-electron chi connectivity index (χ2n) is 5.20. The van der Waals surface area contributed by atoms with Crippen LogP contribution in [0.3, 0.4) is 0 Å². The van der Waals surface area contributed by atoms with Crippen molar-refractivity contribution in [3.05, 3.63) is 54.1 Å². The first-order chi connectivity index (χ1) is 11.9. The van der Waals surface area contributed by atoms with Gasteiger partial charge in [0.25, 0.3) is 0 Å². The Balaban J connectivity index is 2.02. The van der Waals surface area contributed by atoms with E-state index < -0.39 is 9.84 Å². The van der Waals surface area contributed by atoms with Gasteiger partial charge in [-0.3, -0.25) is 4.79 Å². The summed E-state index contributed by atoms with van der Waals surface area (Å²) >= 11 is 1.37. The second-order valence-corrected chi connectivity index (χ2v) is 8.83. The Morgan fingerprint density at radius 2 is 1.56 bits per heavy atom. The van der Waals surface area contributed by atoms with E-state index >= 15 is 0 Å². The minimum atomic E-state index is -3.27. The summed E-state index contributed by atoms with van der Waals surface area (Å²) in [4.78, 5) is 11.5. The quantitative estimate of drug-likeness (QED) is 0.651. The molecule has 0 radical (unpaired) electrons. The molecule has 0 saturated heterocycles. The Morgan fingerprint density at radius 3 is 2.08 bits per heavy atom. The van der Waals surface area contributed by atoms with Crippen molar-refractivity contribution in [1.29, 1.82) is 0 Å². The van der Waals surface area contributed by atoms with Crippen LogP contribution in [-0.4, -0.2) is 32.3 Å². The number of hydrogen-bond acceptors (Lipinski definition) is 6. The number of methoxy groups -OCH3 is 1. The van der Waals surface area contributed by atoms with E-state index in [-0.39, 0.29) is 22.4 Å². The molecule has 0 saturated carbocycles. The van der Waals surface area contributed by atoms with E-state index in [1.54, 1.807) is 48.5 Å². The van der Waals surface area contributed by atoms with Crippen LogP contribution in [0.1, 0.15) is 12.5 Å². The van der Waals surface area contributed by atoms with E-state index in [1.165, 1.54) is 18.9 Å². The fourth-order valence-corrected chi connectivity index (χ4v) is 4.67. The van der Waals surface area contributed by atoms with Gasteiger partial charge in [-0.25, -0.2) is 8.42 Å². The number of thioether (sulfide) groups is 1.